The molecule has 37 heavy (non-hydrogen) atoms. The molecule has 0 fully saturated rings. The van der Waals surface area contributed by atoms with E-state index in [0.717, 1.165) is 0 Å². The fraction of sp³-hybridized carbons (Fsp3) is 0.292. The molecule has 0 radical (unpaired) electrons. The van der Waals surface area contributed by atoms with Crippen LogP contribution in [0.25, 0.3) is 0 Å². The Morgan fingerprint density at radius 2 is 1.73 bits per heavy atom. The van der Waals surface area contributed by atoms with Gasteiger partial charge in [0.25, 0.3) is 5.91 Å². The van der Waals surface area contributed by atoms with E-state index in [0.29, 0.717) is 17.4 Å². The number of benzene rings is 2. The standard InChI is InChI=1S/C24H27F3N5O4P/c1-13(33)14(2)36-37-22(35)15-8-10-16(11-9-15)30-23-29-12-18(24(25,26)27)20(32-23)31-19-7-5-4-6-17(19)21(34)28-3/h4-14,22,33,35,37H,1-3H3,(H,28,34)(H2,29,30,31,32). The minimum absolute atomic E-state index is 0.114. The molecule has 13 heteroatoms. The van der Waals surface area contributed by atoms with Crippen LogP contribution in [0.1, 0.15) is 41.2 Å². The van der Waals surface area contributed by atoms with Crippen molar-refractivity contribution in [3.8, 4) is 0 Å². The van der Waals surface area contributed by atoms with Crippen LogP contribution in [-0.4, -0.2) is 45.3 Å². The van der Waals surface area contributed by atoms with Gasteiger partial charge in [-0.1, -0.05) is 24.3 Å². The van der Waals surface area contributed by atoms with Crippen molar-refractivity contribution in [3.05, 3.63) is 71.4 Å². The monoisotopic (exact) mass is 537 g/mol. The van der Waals surface area contributed by atoms with E-state index in [4.69, 9.17) is 4.52 Å². The van der Waals surface area contributed by atoms with Gasteiger partial charge in [-0.05, 0) is 43.7 Å². The topological polar surface area (TPSA) is 129 Å². The Morgan fingerprint density at radius 1 is 1.05 bits per heavy atom. The molecule has 0 aliphatic carbocycles. The molecule has 0 aliphatic heterocycles. The van der Waals surface area contributed by atoms with Crippen LogP contribution in [0.5, 0.6) is 0 Å². The van der Waals surface area contributed by atoms with Crippen molar-refractivity contribution < 1.29 is 32.7 Å². The highest BCUT2D eigenvalue weighted by atomic mass is 31.1. The van der Waals surface area contributed by atoms with Crippen LogP contribution >= 0.6 is 8.81 Å². The Morgan fingerprint density at radius 3 is 2.35 bits per heavy atom. The van der Waals surface area contributed by atoms with E-state index in [2.05, 4.69) is 25.9 Å². The average Bonchev–Trinajstić information content (AvgIpc) is 2.86. The lowest BCUT2D eigenvalue weighted by Gasteiger charge is -2.18. The van der Waals surface area contributed by atoms with Gasteiger partial charge < -0.3 is 30.7 Å². The zero-order valence-corrected chi connectivity index (χ0v) is 21.2. The summed E-state index contributed by atoms with van der Waals surface area (Å²) in [4.78, 5) is 19.9. The summed E-state index contributed by atoms with van der Waals surface area (Å²) in [6, 6.07) is 12.6. The summed E-state index contributed by atoms with van der Waals surface area (Å²) in [6.45, 7) is 3.29. The number of hydrogen-bond donors (Lipinski definition) is 5. The first kappa shape index (κ1) is 28.3. The number of halogens is 3. The molecule has 1 aromatic heterocycles. The number of carbonyl (C=O) groups is 1. The molecule has 0 saturated carbocycles. The maximum atomic E-state index is 13.6. The zero-order chi connectivity index (χ0) is 27.2. The first-order valence-electron chi connectivity index (χ1n) is 11.2. The normalized spacial score (nSPS) is 14.3. The number of para-hydroxylation sites is 1. The van der Waals surface area contributed by atoms with Gasteiger partial charge in [0.05, 0.1) is 23.5 Å². The fourth-order valence-corrected chi connectivity index (χ4v) is 3.88. The quantitative estimate of drug-likeness (QED) is 0.235. The third-order valence-corrected chi connectivity index (χ3v) is 6.34. The molecule has 3 rings (SSSR count). The number of nitrogens with zero attached hydrogens (tertiary/aromatic N) is 2. The van der Waals surface area contributed by atoms with Gasteiger partial charge in [-0.25, -0.2) is 4.98 Å². The third-order valence-electron chi connectivity index (χ3n) is 5.27. The molecule has 4 unspecified atom stereocenters. The van der Waals surface area contributed by atoms with Gasteiger partial charge in [0, 0.05) is 27.7 Å². The molecule has 0 saturated heterocycles. The maximum absolute atomic E-state index is 13.6. The largest absolute Gasteiger partial charge is 0.421 e. The summed E-state index contributed by atoms with van der Waals surface area (Å²) in [5.41, 5.74) is 0.212. The number of aromatic nitrogens is 2. The molecule has 0 aliphatic rings. The van der Waals surface area contributed by atoms with E-state index in [1.807, 2.05) is 0 Å². The smallest absolute Gasteiger partial charge is 0.391 e. The van der Waals surface area contributed by atoms with Crippen molar-refractivity contribution in [2.45, 2.75) is 38.1 Å². The van der Waals surface area contributed by atoms with Crippen LogP contribution in [0.15, 0.2) is 54.7 Å². The number of aliphatic hydroxyl groups excluding tert-OH is 2. The number of amides is 1. The van der Waals surface area contributed by atoms with E-state index in [9.17, 15) is 28.2 Å². The van der Waals surface area contributed by atoms with E-state index in [1.54, 1.807) is 50.2 Å². The molecule has 198 valence electrons. The third kappa shape index (κ3) is 7.59. The lowest BCUT2D eigenvalue weighted by molar-refractivity contribution is -0.137. The highest BCUT2D eigenvalue weighted by Crippen LogP contribution is 2.37. The highest BCUT2D eigenvalue weighted by Gasteiger charge is 2.35. The van der Waals surface area contributed by atoms with Crippen LogP contribution in [-0.2, 0) is 10.7 Å². The molecule has 1 heterocycles. The van der Waals surface area contributed by atoms with Crippen LogP contribution in [0.2, 0.25) is 0 Å². The number of alkyl halides is 3. The number of nitrogens with one attached hydrogen (secondary N) is 3. The summed E-state index contributed by atoms with van der Waals surface area (Å²) in [6.07, 6.45) is -5.20. The minimum atomic E-state index is -4.74. The maximum Gasteiger partial charge on any atom is 0.421 e. The Hall–Kier alpha value is -3.31. The Balaban J connectivity index is 1.81. The van der Waals surface area contributed by atoms with Crippen molar-refractivity contribution in [3.63, 3.8) is 0 Å². The summed E-state index contributed by atoms with van der Waals surface area (Å²) in [7, 11) is 1.13. The molecule has 0 spiro atoms. The lowest BCUT2D eigenvalue weighted by Crippen LogP contribution is -2.20. The van der Waals surface area contributed by atoms with Crippen molar-refractivity contribution in [1.29, 1.82) is 0 Å². The first-order valence-corrected chi connectivity index (χ1v) is 12.1. The summed E-state index contributed by atoms with van der Waals surface area (Å²) >= 11 is 0. The van der Waals surface area contributed by atoms with Gasteiger partial charge in [-0.3, -0.25) is 4.79 Å². The van der Waals surface area contributed by atoms with E-state index in [1.165, 1.54) is 19.2 Å². The van der Waals surface area contributed by atoms with Crippen LogP contribution < -0.4 is 16.0 Å². The van der Waals surface area contributed by atoms with Gasteiger partial charge in [0.1, 0.15) is 17.2 Å². The number of hydrogen-bond acceptors (Lipinski definition) is 8. The van der Waals surface area contributed by atoms with E-state index in [-0.39, 0.29) is 26.0 Å². The minimum Gasteiger partial charge on any atom is -0.391 e. The van der Waals surface area contributed by atoms with Gasteiger partial charge in [-0.2, -0.15) is 18.2 Å². The predicted octanol–water partition coefficient (Wildman–Crippen LogP) is 4.71. The molecule has 9 nitrogen and oxygen atoms in total. The lowest BCUT2D eigenvalue weighted by atomic mass is 10.1. The number of rotatable bonds is 10. The van der Waals surface area contributed by atoms with Gasteiger partial charge in [-0.15, -0.1) is 0 Å². The Labute approximate surface area is 213 Å². The van der Waals surface area contributed by atoms with Crippen LogP contribution in [0.3, 0.4) is 0 Å². The molecule has 3 aromatic rings. The SMILES string of the molecule is CNC(=O)c1ccccc1Nc1nc(Nc2ccc(C(O)POC(C)C(C)O)cc2)ncc1C(F)(F)F. The molecule has 5 N–H and O–H groups in total. The van der Waals surface area contributed by atoms with Crippen molar-refractivity contribution in [2.75, 3.05) is 17.7 Å². The van der Waals surface area contributed by atoms with E-state index >= 15 is 0 Å². The second-order valence-corrected chi connectivity index (χ2v) is 9.05. The van der Waals surface area contributed by atoms with Crippen molar-refractivity contribution in [1.82, 2.24) is 15.3 Å². The second kappa shape index (κ2) is 12.3. The van der Waals surface area contributed by atoms with Crippen molar-refractivity contribution >= 4 is 37.9 Å². The fourth-order valence-electron chi connectivity index (χ4n) is 3.01. The second-order valence-electron chi connectivity index (χ2n) is 8.03. The first-order chi connectivity index (χ1) is 17.5. The summed E-state index contributed by atoms with van der Waals surface area (Å²) in [5.74, 6) is -2.03. The number of anilines is 4. The summed E-state index contributed by atoms with van der Waals surface area (Å²) < 4.78 is 46.4. The summed E-state index contributed by atoms with van der Waals surface area (Å²) in [5, 5.41) is 27.7. The molecule has 0 bridgehead atoms. The van der Waals surface area contributed by atoms with Crippen LogP contribution in [0.4, 0.5) is 36.3 Å². The van der Waals surface area contributed by atoms with E-state index < -0.39 is 41.5 Å². The predicted molar refractivity (Wildman–Crippen MR) is 135 cm³/mol. The molecular weight excluding hydrogens is 510 g/mol. The number of aliphatic hydroxyl groups is 2. The highest BCUT2D eigenvalue weighted by molar-refractivity contribution is 7.32. The molecule has 4 atom stereocenters. The molecule has 1 amide bonds. The Kier molecular flexibility index (Phi) is 9.39. The molecular formula is C24H27F3N5O4P. The van der Waals surface area contributed by atoms with Gasteiger partial charge >= 0.3 is 6.18 Å². The van der Waals surface area contributed by atoms with Gasteiger partial charge in [0.2, 0.25) is 5.95 Å². The number of carbonyl (C=O) groups excluding carboxylic acids is 1. The average molecular weight is 537 g/mol. The van der Waals surface area contributed by atoms with Gasteiger partial charge in [0.15, 0.2) is 0 Å². The van der Waals surface area contributed by atoms with Crippen LogP contribution in [0, 0.1) is 0 Å². The van der Waals surface area contributed by atoms with Crippen molar-refractivity contribution in [2.24, 2.45) is 0 Å². The molecule has 2 aromatic carbocycles. The zero-order valence-electron chi connectivity index (χ0n) is 20.2. The Bertz CT molecular complexity index is 1210.